The maximum absolute atomic E-state index is 14.9. The van der Waals surface area contributed by atoms with Gasteiger partial charge in [0.05, 0.1) is 30.3 Å². The number of amides is 1. The van der Waals surface area contributed by atoms with E-state index in [0.29, 0.717) is 57.1 Å². The first-order valence-electron chi connectivity index (χ1n) is 21.9. The number of aliphatic hydroxyl groups is 1. The zero-order valence-corrected chi connectivity index (χ0v) is 35.9. The zero-order chi connectivity index (χ0) is 40.7. The van der Waals surface area contributed by atoms with Crippen LogP contribution in [0.5, 0.6) is 0 Å². The van der Waals surface area contributed by atoms with Crippen molar-refractivity contribution in [2.24, 2.45) is 53.1 Å². The van der Waals surface area contributed by atoms with Gasteiger partial charge >= 0.3 is 11.9 Å². The van der Waals surface area contributed by atoms with Crippen molar-refractivity contribution in [2.45, 2.75) is 138 Å². The van der Waals surface area contributed by atoms with Crippen molar-refractivity contribution in [1.29, 1.82) is 0 Å². The Labute approximate surface area is 350 Å². The molecular formula is C44H62N4O8S2. The summed E-state index contributed by atoms with van der Waals surface area (Å²) in [6.07, 6.45) is 13.4. The average Bonchev–Trinajstić information content (AvgIpc) is 3.56. The number of esters is 2. The van der Waals surface area contributed by atoms with E-state index in [0.717, 1.165) is 25.0 Å². The minimum Gasteiger partial charge on any atom is -0.462 e. The number of nitrogens with one attached hydrogen (secondary N) is 2. The Balaban J connectivity index is 1.10. The lowest BCUT2D eigenvalue weighted by Gasteiger charge is -2.62. The molecule has 0 aromatic rings. The number of nitrogens with two attached hydrogens (primary N) is 1. The number of carbonyl (C=O) groups is 4. The van der Waals surface area contributed by atoms with E-state index in [9.17, 15) is 24.3 Å². The van der Waals surface area contributed by atoms with Gasteiger partial charge in [0.1, 0.15) is 17.3 Å². The summed E-state index contributed by atoms with van der Waals surface area (Å²) in [5.74, 6) is 0.435. The van der Waals surface area contributed by atoms with Gasteiger partial charge in [0.15, 0.2) is 5.78 Å². The highest BCUT2D eigenvalue weighted by atomic mass is 33.1. The average molecular weight is 839 g/mol. The standard InChI is InChI=1S/C44H62N4O8S2/c1-5-22(2)41(52)56-43(3)11-10-24-21-57-58-34-16-29-31(50)9-8-30-37(39(29)46-4)40(34)48(30)36(51)15-27-20-47-35(45)17-28(27)38(24)44(43)19-26-14-25-13-23(7-6-12-49)42(53)54-32(25)18-33(26)55-44/h5,8-10,23,25-30,32-35,37-40,46-47,49H,6-7,11-21,45H2,1-4H3. The SMILES string of the molecule is CC=C(C)C(=O)OC1(C)CC=C2CSSC3CC4C(=O)C=CC5C(C4NC)C3N5C(=O)CC3CNC(N)CC3C2C12CC1CC3CC(CCCO)C(=O)OC3CC1O2. The second-order valence-corrected chi connectivity index (χ2v) is 21.7. The molecule has 0 aromatic heterocycles. The molecule has 2 bridgehead atoms. The smallest absolute Gasteiger partial charge is 0.334 e. The van der Waals surface area contributed by atoms with E-state index in [1.165, 1.54) is 5.57 Å². The summed E-state index contributed by atoms with van der Waals surface area (Å²) < 4.78 is 20.5. The van der Waals surface area contributed by atoms with E-state index in [1.807, 2.05) is 41.6 Å². The van der Waals surface area contributed by atoms with Crippen LogP contribution in [0.25, 0.3) is 0 Å². The third-order valence-electron chi connectivity index (χ3n) is 16.2. The third kappa shape index (κ3) is 6.68. The quantitative estimate of drug-likeness (QED) is 0.131. The molecule has 1 spiro atoms. The van der Waals surface area contributed by atoms with Gasteiger partial charge in [0.2, 0.25) is 5.91 Å². The molecule has 17 unspecified atom stereocenters. The Hall–Kier alpha value is -2.20. The van der Waals surface area contributed by atoms with Crippen LogP contribution in [-0.4, -0.2) is 113 Å². The van der Waals surface area contributed by atoms with Crippen LogP contribution in [0.15, 0.2) is 35.5 Å². The van der Waals surface area contributed by atoms with Crippen LogP contribution in [0, 0.1) is 47.3 Å². The van der Waals surface area contributed by atoms with Gasteiger partial charge in [-0.25, -0.2) is 4.79 Å². The molecule has 5 saturated heterocycles. The van der Waals surface area contributed by atoms with Crippen LogP contribution in [0.4, 0.5) is 0 Å². The number of allylic oxidation sites excluding steroid dienone is 2. The molecule has 58 heavy (non-hydrogen) atoms. The van der Waals surface area contributed by atoms with E-state index in [-0.39, 0.29) is 119 Å². The Kier molecular flexibility index (Phi) is 11.3. The number of aliphatic hydroxyl groups excluding tert-OH is 1. The number of piperidine rings is 1. The number of ether oxygens (including phenoxy) is 3. The number of hydrogen-bond acceptors (Lipinski definition) is 13. The van der Waals surface area contributed by atoms with Gasteiger partial charge in [-0.1, -0.05) is 45.4 Å². The fourth-order valence-corrected chi connectivity index (χ4v) is 16.4. The monoisotopic (exact) mass is 838 g/mol. The van der Waals surface area contributed by atoms with Crippen molar-refractivity contribution in [3.63, 3.8) is 0 Å². The zero-order valence-electron chi connectivity index (χ0n) is 34.3. The molecule has 14 heteroatoms. The minimum atomic E-state index is -1.02. The molecule has 5 aliphatic heterocycles. The number of carbonyl (C=O) groups excluding carboxylic acids is 4. The first kappa shape index (κ1) is 41.2. The topological polar surface area (TPSA) is 170 Å². The van der Waals surface area contributed by atoms with E-state index >= 15 is 0 Å². The largest absolute Gasteiger partial charge is 0.462 e. The number of rotatable bonds is 6. The van der Waals surface area contributed by atoms with Crippen LogP contribution >= 0.6 is 21.6 Å². The van der Waals surface area contributed by atoms with Crippen LogP contribution in [0.1, 0.15) is 85.0 Å². The predicted molar refractivity (Wildman–Crippen MR) is 222 cm³/mol. The van der Waals surface area contributed by atoms with Gasteiger partial charge in [-0.05, 0) is 103 Å². The van der Waals surface area contributed by atoms with Crippen LogP contribution in [0.2, 0.25) is 0 Å². The summed E-state index contributed by atoms with van der Waals surface area (Å²) in [6.45, 7) is 6.33. The Bertz CT molecular complexity index is 1770. The fourth-order valence-electron chi connectivity index (χ4n) is 13.3. The van der Waals surface area contributed by atoms with Crippen LogP contribution in [-0.2, 0) is 33.4 Å². The summed E-state index contributed by atoms with van der Waals surface area (Å²) >= 11 is 0. The van der Waals surface area contributed by atoms with E-state index in [2.05, 4.69) is 28.5 Å². The lowest BCUT2D eigenvalue weighted by Crippen LogP contribution is -2.76. The molecule has 5 N–H and O–H groups in total. The van der Waals surface area contributed by atoms with Crippen molar-refractivity contribution in [3.8, 4) is 0 Å². The van der Waals surface area contributed by atoms with Crippen molar-refractivity contribution in [3.05, 3.63) is 35.5 Å². The molecule has 12 nitrogen and oxygen atoms in total. The van der Waals surface area contributed by atoms with Crippen LogP contribution < -0.4 is 16.4 Å². The highest BCUT2D eigenvalue weighted by Gasteiger charge is 2.69. The first-order chi connectivity index (χ1) is 27.9. The summed E-state index contributed by atoms with van der Waals surface area (Å²) in [7, 11) is 5.61. The summed E-state index contributed by atoms with van der Waals surface area (Å²) in [6, 6.07) is -0.0241. The molecule has 17 atom stereocenters. The Morgan fingerprint density at radius 1 is 1.16 bits per heavy atom. The maximum Gasteiger partial charge on any atom is 0.334 e. The highest BCUT2D eigenvalue weighted by molar-refractivity contribution is 8.77. The summed E-state index contributed by atoms with van der Waals surface area (Å²) in [5, 5.41) is 16.7. The van der Waals surface area contributed by atoms with Crippen molar-refractivity contribution in [1.82, 2.24) is 15.5 Å². The second-order valence-electron chi connectivity index (χ2n) is 19.1. The van der Waals surface area contributed by atoms with E-state index in [1.54, 1.807) is 19.1 Å². The fraction of sp³-hybridized carbons (Fsp3) is 0.773. The maximum atomic E-state index is 14.9. The molecule has 4 aliphatic carbocycles. The Morgan fingerprint density at radius 3 is 2.76 bits per heavy atom. The van der Waals surface area contributed by atoms with E-state index in [4.69, 9.17) is 19.9 Å². The Morgan fingerprint density at radius 2 is 1.98 bits per heavy atom. The summed E-state index contributed by atoms with van der Waals surface area (Å²) in [5.41, 5.74) is 6.69. The minimum absolute atomic E-state index is 0.0390. The molecule has 9 rings (SSSR count). The van der Waals surface area contributed by atoms with Gasteiger partial charge < -0.3 is 40.6 Å². The van der Waals surface area contributed by atoms with Crippen molar-refractivity contribution in [2.75, 3.05) is 26.0 Å². The number of ketones is 1. The molecular weight excluding hydrogens is 777 g/mol. The molecule has 5 heterocycles. The van der Waals surface area contributed by atoms with Crippen LogP contribution in [0.3, 0.4) is 0 Å². The molecule has 318 valence electrons. The lowest BCUT2D eigenvalue weighted by atomic mass is 9.56. The summed E-state index contributed by atoms with van der Waals surface area (Å²) in [4.78, 5) is 57.6. The van der Waals surface area contributed by atoms with Gasteiger partial charge in [-0.2, -0.15) is 0 Å². The van der Waals surface area contributed by atoms with E-state index < -0.39 is 11.2 Å². The number of nitrogens with zero attached hydrogens (tertiary/aromatic N) is 1. The first-order valence-corrected chi connectivity index (χ1v) is 24.3. The molecule has 0 aromatic carbocycles. The van der Waals surface area contributed by atoms with Gasteiger partial charge in [-0.3, -0.25) is 14.4 Å². The highest BCUT2D eigenvalue weighted by Crippen LogP contribution is 2.63. The molecule has 7 fully saturated rings. The van der Waals surface area contributed by atoms with Gasteiger partial charge in [-0.15, -0.1) is 0 Å². The predicted octanol–water partition coefficient (Wildman–Crippen LogP) is 4.07. The van der Waals surface area contributed by atoms with Crippen molar-refractivity contribution < 1.29 is 38.5 Å². The van der Waals surface area contributed by atoms with Crippen molar-refractivity contribution >= 4 is 45.2 Å². The van der Waals surface area contributed by atoms with Gasteiger partial charge in [0, 0.05) is 72.8 Å². The number of fused-ring (bicyclic) bond motifs is 8. The number of hydrogen-bond donors (Lipinski definition) is 4. The molecule has 2 saturated carbocycles. The van der Waals surface area contributed by atoms with Gasteiger partial charge in [0.25, 0.3) is 0 Å². The lowest BCUT2D eigenvalue weighted by molar-refractivity contribution is -0.229. The molecule has 1 amide bonds. The third-order valence-corrected chi connectivity index (χ3v) is 19.0. The normalized spacial score (nSPS) is 47.2. The molecule has 9 aliphatic rings. The molecule has 0 radical (unpaired) electrons. The second kappa shape index (κ2) is 15.9.